The molecule has 0 saturated carbocycles. The molecule has 0 radical (unpaired) electrons. The lowest BCUT2D eigenvalue weighted by molar-refractivity contribution is -0.147. The van der Waals surface area contributed by atoms with Crippen LogP contribution in [-0.4, -0.2) is 95.2 Å². The quantitative estimate of drug-likeness (QED) is 0.0831. The van der Waals surface area contributed by atoms with Gasteiger partial charge in [-0.1, -0.05) is 13.8 Å². The Morgan fingerprint density at radius 3 is 2.15 bits per heavy atom. The average molecular weight is 603 g/mol. The van der Waals surface area contributed by atoms with Crippen LogP contribution in [0.3, 0.4) is 0 Å². The van der Waals surface area contributed by atoms with Gasteiger partial charge in [0, 0.05) is 12.3 Å². The van der Waals surface area contributed by atoms with Crippen LogP contribution in [0.15, 0.2) is 0 Å². The van der Waals surface area contributed by atoms with Gasteiger partial charge in [-0.3, -0.25) is 24.0 Å². The number of esters is 1. The maximum atomic E-state index is 13.3. The fourth-order valence-corrected chi connectivity index (χ4v) is 4.26. The number of carbonyl (C=O) groups excluding carboxylic acids is 7. The first-order valence-electron chi connectivity index (χ1n) is 13.2. The van der Waals surface area contributed by atoms with Crippen molar-refractivity contribution in [1.82, 2.24) is 20.9 Å². The van der Waals surface area contributed by atoms with Crippen molar-refractivity contribution in [3.05, 3.63) is 0 Å². The molecule has 0 aromatic heterocycles. The van der Waals surface area contributed by atoms with Crippen molar-refractivity contribution in [3.63, 3.8) is 0 Å². The lowest BCUT2D eigenvalue weighted by atomic mass is 10.0. The van der Waals surface area contributed by atoms with E-state index in [1.165, 1.54) is 4.90 Å². The maximum Gasteiger partial charge on any atom is 0.516 e. The number of thiol groups is 1. The minimum Gasteiger partial charge on any atom is -0.428 e. The first-order chi connectivity index (χ1) is 19.0. The Morgan fingerprint density at radius 1 is 1.00 bits per heavy atom. The second kappa shape index (κ2) is 16.1. The van der Waals surface area contributed by atoms with Crippen molar-refractivity contribution in [2.24, 2.45) is 17.4 Å². The van der Waals surface area contributed by atoms with Crippen LogP contribution in [-0.2, 0) is 38.2 Å². The summed E-state index contributed by atoms with van der Waals surface area (Å²) in [5.41, 5.74) is 9.59. The number of primary amides is 1. The average Bonchev–Trinajstić information content (AvgIpc) is 3.34. The van der Waals surface area contributed by atoms with Gasteiger partial charge < -0.3 is 41.8 Å². The van der Waals surface area contributed by atoms with E-state index in [1.54, 1.807) is 20.8 Å². The molecular weight excluding hydrogens is 560 g/mol. The number of hydrogen-bond donors (Lipinski definition) is 6. The van der Waals surface area contributed by atoms with Crippen molar-refractivity contribution >= 4 is 54.3 Å². The lowest BCUT2D eigenvalue weighted by Gasteiger charge is -2.30. The van der Waals surface area contributed by atoms with Crippen LogP contribution >= 0.6 is 12.6 Å². The summed E-state index contributed by atoms with van der Waals surface area (Å²) in [6, 6.07) is -4.76. The Labute approximate surface area is 244 Å². The van der Waals surface area contributed by atoms with Crippen molar-refractivity contribution in [2.75, 3.05) is 18.8 Å². The molecule has 16 heteroatoms. The van der Waals surface area contributed by atoms with E-state index >= 15 is 0 Å². The van der Waals surface area contributed by atoms with Gasteiger partial charge in [-0.05, 0) is 46.0 Å². The predicted octanol–water partition coefficient (Wildman–Crippen LogP) is -1.28. The van der Waals surface area contributed by atoms with Crippen molar-refractivity contribution in [1.29, 1.82) is 0 Å². The third kappa shape index (κ3) is 12.3. The van der Waals surface area contributed by atoms with Gasteiger partial charge in [0.2, 0.25) is 29.5 Å². The number of nitrogens with zero attached hydrogens (tertiary/aromatic N) is 1. The van der Waals surface area contributed by atoms with E-state index < -0.39 is 77.8 Å². The van der Waals surface area contributed by atoms with Gasteiger partial charge in [-0.25, -0.2) is 9.59 Å². The fraction of sp³-hybridized carbons (Fsp3) is 0.720. The van der Waals surface area contributed by atoms with E-state index in [2.05, 4.69) is 33.3 Å². The molecule has 232 valence electrons. The second-order valence-electron chi connectivity index (χ2n) is 11.0. The third-order valence-corrected chi connectivity index (χ3v) is 6.12. The Hall–Kier alpha value is -3.40. The monoisotopic (exact) mass is 602 g/mol. The molecule has 1 rings (SSSR count). The number of rotatable bonds is 13. The van der Waals surface area contributed by atoms with Crippen LogP contribution in [0, 0.1) is 5.92 Å². The summed E-state index contributed by atoms with van der Waals surface area (Å²) in [5, 5.41) is 7.35. The zero-order chi connectivity index (χ0) is 31.5. The Balaban J connectivity index is 2.97. The largest absolute Gasteiger partial charge is 0.516 e. The van der Waals surface area contributed by atoms with Crippen LogP contribution in [0.25, 0.3) is 0 Å². The molecule has 4 atom stereocenters. The fourth-order valence-electron chi connectivity index (χ4n) is 4.00. The van der Waals surface area contributed by atoms with Gasteiger partial charge in [0.15, 0.2) is 0 Å². The number of ether oxygens (including phenoxy) is 2. The SMILES string of the molecule is CC(C)CC(NC(=O)CN)C(=O)N1CCC[C@H]1C(=O)NC(CS)C(=O)NC(CC(N)=O)C(=O)OC(=O)OC(C)(C)C. The molecule has 15 nitrogen and oxygen atoms in total. The lowest BCUT2D eigenvalue weighted by Crippen LogP contribution is -2.58. The Kier molecular flexibility index (Phi) is 14.0. The van der Waals surface area contributed by atoms with Gasteiger partial charge in [-0.15, -0.1) is 0 Å². The minimum atomic E-state index is -1.65. The summed E-state index contributed by atoms with van der Waals surface area (Å²) in [4.78, 5) is 88.5. The number of nitrogens with one attached hydrogen (secondary N) is 3. The van der Waals surface area contributed by atoms with Crippen LogP contribution in [0.2, 0.25) is 0 Å². The summed E-state index contributed by atoms with van der Waals surface area (Å²) in [6.45, 7) is 8.36. The first-order valence-corrected chi connectivity index (χ1v) is 13.9. The molecule has 1 fully saturated rings. The van der Waals surface area contributed by atoms with Crippen LogP contribution < -0.4 is 27.4 Å². The molecule has 7 N–H and O–H groups in total. The number of amides is 5. The van der Waals surface area contributed by atoms with Gasteiger partial charge in [-0.2, -0.15) is 12.6 Å². The highest BCUT2D eigenvalue weighted by atomic mass is 32.1. The summed E-state index contributed by atoms with van der Waals surface area (Å²) in [5.74, 6) is -4.94. The number of carbonyl (C=O) groups is 7. The van der Waals surface area contributed by atoms with Crippen molar-refractivity contribution in [3.8, 4) is 0 Å². The highest BCUT2D eigenvalue weighted by Gasteiger charge is 2.39. The molecule has 5 amide bonds. The van der Waals surface area contributed by atoms with Crippen molar-refractivity contribution in [2.45, 2.75) is 90.1 Å². The number of nitrogens with two attached hydrogens (primary N) is 2. The molecule has 1 saturated heterocycles. The standard InChI is InChI=1S/C25H42N6O9S/c1-13(2)9-14(28-19(33)11-26)22(36)31-8-6-7-17(31)21(35)30-16(12-41)20(34)29-15(10-18(27)32)23(37)39-24(38)40-25(3,4)5/h13-17,41H,6-12,26H2,1-5H3,(H2,27,32)(H,28,33)(H,29,34)(H,30,35)/t14?,15?,16?,17-/m0/s1. The molecule has 3 unspecified atom stereocenters. The van der Waals surface area contributed by atoms with Crippen molar-refractivity contribution < 1.29 is 43.0 Å². The number of likely N-dealkylation sites (tertiary alicyclic amines) is 1. The minimum absolute atomic E-state index is 0.0597. The van der Waals surface area contributed by atoms with E-state index in [1.807, 2.05) is 13.8 Å². The zero-order valence-electron chi connectivity index (χ0n) is 24.1. The normalized spacial score (nSPS) is 17.2. The van der Waals surface area contributed by atoms with Gasteiger partial charge >= 0.3 is 12.1 Å². The van der Waals surface area contributed by atoms with Gasteiger partial charge in [0.25, 0.3) is 0 Å². The van der Waals surface area contributed by atoms with Crippen LogP contribution in [0.4, 0.5) is 4.79 Å². The summed E-state index contributed by atoms with van der Waals surface area (Å²) in [7, 11) is 0. The molecule has 0 aromatic rings. The molecule has 0 aromatic carbocycles. The van der Waals surface area contributed by atoms with Crippen LogP contribution in [0.1, 0.15) is 60.3 Å². The Morgan fingerprint density at radius 2 is 1.63 bits per heavy atom. The van der Waals surface area contributed by atoms with Crippen LogP contribution in [0.5, 0.6) is 0 Å². The molecule has 1 heterocycles. The zero-order valence-corrected chi connectivity index (χ0v) is 25.0. The molecule has 0 spiro atoms. The molecule has 41 heavy (non-hydrogen) atoms. The summed E-state index contributed by atoms with van der Waals surface area (Å²) < 4.78 is 9.48. The number of hydrogen-bond acceptors (Lipinski definition) is 11. The maximum absolute atomic E-state index is 13.3. The Bertz CT molecular complexity index is 1000. The van der Waals surface area contributed by atoms with E-state index in [0.29, 0.717) is 19.3 Å². The van der Waals surface area contributed by atoms with Gasteiger partial charge in [0.1, 0.15) is 29.8 Å². The third-order valence-electron chi connectivity index (χ3n) is 5.76. The summed E-state index contributed by atoms with van der Waals surface area (Å²) >= 11 is 4.10. The topological polar surface area (TPSA) is 229 Å². The smallest absolute Gasteiger partial charge is 0.428 e. The van der Waals surface area contributed by atoms with E-state index in [9.17, 15) is 33.6 Å². The second-order valence-corrected chi connectivity index (χ2v) is 11.4. The molecule has 1 aliphatic rings. The molecule has 0 aliphatic carbocycles. The van der Waals surface area contributed by atoms with E-state index in [0.717, 1.165) is 0 Å². The van der Waals surface area contributed by atoms with E-state index in [-0.39, 0.29) is 24.8 Å². The molecule has 0 bridgehead atoms. The van der Waals surface area contributed by atoms with Gasteiger partial charge in [0.05, 0.1) is 13.0 Å². The van der Waals surface area contributed by atoms with E-state index in [4.69, 9.17) is 16.2 Å². The first kappa shape index (κ1) is 35.6. The highest BCUT2D eigenvalue weighted by Crippen LogP contribution is 2.21. The highest BCUT2D eigenvalue weighted by molar-refractivity contribution is 7.80. The predicted molar refractivity (Wildman–Crippen MR) is 149 cm³/mol. The summed E-state index contributed by atoms with van der Waals surface area (Å²) in [6.07, 6.45) is -0.883. The molecule has 1 aliphatic heterocycles. The molecular formula is C25H42N6O9S.